The van der Waals surface area contributed by atoms with Gasteiger partial charge in [-0.2, -0.15) is 0 Å². The van der Waals surface area contributed by atoms with E-state index in [-0.39, 0.29) is 11.9 Å². The second-order valence-corrected chi connectivity index (χ2v) is 5.29. The molecule has 1 amide bonds. The summed E-state index contributed by atoms with van der Waals surface area (Å²) in [5.41, 5.74) is 2.91. The van der Waals surface area contributed by atoms with E-state index in [0.717, 1.165) is 16.9 Å². The molecule has 2 N–H and O–H groups in total. The largest absolute Gasteiger partial charge is 0.352 e. The van der Waals surface area contributed by atoms with Gasteiger partial charge in [0.15, 0.2) is 0 Å². The molecule has 2 aromatic rings. The molecule has 1 aromatic heterocycles. The predicted molar refractivity (Wildman–Crippen MR) is 84.7 cm³/mol. The molecule has 21 heavy (non-hydrogen) atoms. The van der Waals surface area contributed by atoms with Gasteiger partial charge in [-0.25, -0.2) is 9.97 Å². The van der Waals surface area contributed by atoms with E-state index in [2.05, 4.69) is 20.6 Å². The van der Waals surface area contributed by atoms with Gasteiger partial charge >= 0.3 is 0 Å². The van der Waals surface area contributed by atoms with Crippen LogP contribution in [0.5, 0.6) is 0 Å². The molecule has 5 heteroatoms. The fraction of sp³-hybridized carbons (Fsp3) is 0.312. The number of amides is 1. The van der Waals surface area contributed by atoms with Crippen LogP contribution in [0.15, 0.2) is 30.3 Å². The molecule has 1 aromatic carbocycles. The van der Waals surface area contributed by atoms with Crippen LogP contribution >= 0.6 is 0 Å². The molecule has 0 aliphatic rings. The summed E-state index contributed by atoms with van der Waals surface area (Å²) in [5.74, 6) is 0.238. The van der Waals surface area contributed by atoms with Crippen molar-refractivity contribution in [1.82, 2.24) is 9.97 Å². The fourth-order valence-corrected chi connectivity index (χ4v) is 1.91. The number of rotatable bonds is 4. The number of aromatic nitrogens is 2. The molecule has 5 nitrogen and oxygen atoms in total. The summed E-state index contributed by atoms with van der Waals surface area (Å²) in [6.07, 6.45) is 0. The third-order valence-electron chi connectivity index (χ3n) is 2.90. The Morgan fingerprint density at radius 1 is 1.14 bits per heavy atom. The molecule has 0 fully saturated rings. The van der Waals surface area contributed by atoms with Crippen LogP contribution < -0.4 is 10.6 Å². The molecule has 0 unspecified atom stereocenters. The highest BCUT2D eigenvalue weighted by atomic mass is 16.1. The van der Waals surface area contributed by atoms with Crippen LogP contribution in [0.1, 0.15) is 35.6 Å². The highest BCUT2D eigenvalue weighted by molar-refractivity contribution is 6.03. The van der Waals surface area contributed by atoms with Gasteiger partial charge in [0, 0.05) is 17.4 Å². The minimum atomic E-state index is -0.235. The minimum Gasteiger partial charge on any atom is -0.352 e. The molecule has 0 spiro atoms. The number of carbonyl (C=O) groups excluding carboxylic acids is 1. The van der Waals surface area contributed by atoms with E-state index in [1.807, 2.05) is 52.0 Å². The molecular formula is C16H20N4O. The Bertz CT molecular complexity index is 652. The first kappa shape index (κ1) is 15.0. The highest BCUT2D eigenvalue weighted by Crippen LogP contribution is 2.15. The summed E-state index contributed by atoms with van der Waals surface area (Å²) in [4.78, 5) is 20.9. The Morgan fingerprint density at radius 3 is 2.52 bits per heavy atom. The van der Waals surface area contributed by atoms with Gasteiger partial charge < -0.3 is 10.6 Å². The van der Waals surface area contributed by atoms with Crippen molar-refractivity contribution in [1.29, 1.82) is 0 Å². The molecule has 0 saturated heterocycles. The van der Waals surface area contributed by atoms with E-state index < -0.39 is 0 Å². The lowest BCUT2D eigenvalue weighted by Gasteiger charge is -2.11. The number of nitrogens with one attached hydrogen (secondary N) is 2. The SMILES string of the molecule is Cc1cc(C(=O)Nc2ccccc2C)nc(NC(C)C)n1. The molecule has 1 heterocycles. The average Bonchev–Trinajstić information content (AvgIpc) is 2.40. The summed E-state index contributed by atoms with van der Waals surface area (Å²) >= 11 is 0. The normalized spacial score (nSPS) is 10.5. The van der Waals surface area contributed by atoms with Crippen LogP contribution in [-0.4, -0.2) is 21.9 Å². The van der Waals surface area contributed by atoms with Gasteiger partial charge in [0.25, 0.3) is 5.91 Å². The van der Waals surface area contributed by atoms with Gasteiger partial charge in [-0.3, -0.25) is 4.79 Å². The number of nitrogens with zero attached hydrogens (tertiary/aromatic N) is 2. The molecule has 2 rings (SSSR count). The van der Waals surface area contributed by atoms with Gasteiger partial charge in [-0.05, 0) is 45.4 Å². The van der Waals surface area contributed by atoms with Crippen LogP contribution in [0, 0.1) is 13.8 Å². The Labute approximate surface area is 124 Å². The Morgan fingerprint density at radius 2 is 1.86 bits per heavy atom. The quantitative estimate of drug-likeness (QED) is 0.905. The monoisotopic (exact) mass is 284 g/mol. The average molecular weight is 284 g/mol. The Balaban J connectivity index is 2.23. The lowest BCUT2D eigenvalue weighted by molar-refractivity contribution is 0.102. The van der Waals surface area contributed by atoms with E-state index in [1.165, 1.54) is 0 Å². The first-order valence-electron chi connectivity index (χ1n) is 6.95. The van der Waals surface area contributed by atoms with Crippen molar-refractivity contribution in [3.8, 4) is 0 Å². The molecule has 110 valence electrons. The van der Waals surface area contributed by atoms with Crippen LogP contribution in [0.25, 0.3) is 0 Å². The number of benzene rings is 1. The fourth-order valence-electron chi connectivity index (χ4n) is 1.91. The zero-order chi connectivity index (χ0) is 15.4. The van der Waals surface area contributed by atoms with Crippen molar-refractivity contribution < 1.29 is 4.79 Å². The molecule has 0 saturated carbocycles. The predicted octanol–water partition coefficient (Wildman–Crippen LogP) is 3.17. The standard InChI is InChI=1S/C16H20N4O/c1-10(2)17-16-18-12(4)9-14(20-16)15(21)19-13-8-6-5-7-11(13)3/h5-10H,1-4H3,(H,19,21)(H,17,18,20). The molecule has 0 aliphatic heterocycles. The molecule has 0 bridgehead atoms. The number of carbonyl (C=O) groups is 1. The van der Waals surface area contributed by atoms with E-state index in [1.54, 1.807) is 6.07 Å². The van der Waals surface area contributed by atoms with Crippen molar-refractivity contribution >= 4 is 17.5 Å². The highest BCUT2D eigenvalue weighted by Gasteiger charge is 2.12. The number of anilines is 2. The van der Waals surface area contributed by atoms with Crippen molar-refractivity contribution in [2.75, 3.05) is 10.6 Å². The van der Waals surface area contributed by atoms with E-state index in [0.29, 0.717) is 11.6 Å². The maximum Gasteiger partial charge on any atom is 0.274 e. The van der Waals surface area contributed by atoms with Crippen molar-refractivity contribution in [3.63, 3.8) is 0 Å². The van der Waals surface area contributed by atoms with E-state index in [4.69, 9.17) is 0 Å². The first-order chi connectivity index (χ1) is 9.95. The number of para-hydroxylation sites is 1. The van der Waals surface area contributed by atoms with Crippen molar-refractivity contribution in [2.45, 2.75) is 33.7 Å². The van der Waals surface area contributed by atoms with Gasteiger partial charge in [0.05, 0.1) is 0 Å². The van der Waals surface area contributed by atoms with Gasteiger partial charge in [0.1, 0.15) is 5.69 Å². The summed E-state index contributed by atoms with van der Waals surface area (Å²) in [6.45, 7) is 7.79. The van der Waals surface area contributed by atoms with Crippen LogP contribution in [-0.2, 0) is 0 Å². The topological polar surface area (TPSA) is 66.9 Å². The van der Waals surface area contributed by atoms with Gasteiger partial charge in [0.2, 0.25) is 5.95 Å². The number of hydrogen-bond donors (Lipinski definition) is 2. The maximum absolute atomic E-state index is 12.3. The molecule has 0 aliphatic carbocycles. The van der Waals surface area contributed by atoms with E-state index in [9.17, 15) is 4.79 Å². The van der Waals surface area contributed by atoms with Crippen molar-refractivity contribution in [2.24, 2.45) is 0 Å². The smallest absolute Gasteiger partial charge is 0.274 e. The van der Waals surface area contributed by atoms with Crippen molar-refractivity contribution in [3.05, 3.63) is 47.3 Å². The maximum atomic E-state index is 12.3. The number of aryl methyl sites for hydroxylation is 2. The Kier molecular flexibility index (Phi) is 4.52. The number of hydrogen-bond acceptors (Lipinski definition) is 4. The zero-order valence-electron chi connectivity index (χ0n) is 12.8. The van der Waals surface area contributed by atoms with Crippen LogP contribution in [0.3, 0.4) is 0 Å². The van der Waals surface area contributed by atoms with Crippen LogP contribution in [0.2, 0.25) is 0 Å². The lowest BCUT2D eigenvalue weighted by atomic mass is 10.2. The minimum absolute atomic E-state index is 0.207. The summed E-state index contributed by atoms with van der Waals surface area (Å²) in [5, 5.41) is 5.99. The summed E-state index contributed by atoms with van der Waals surface area (Å²) in [7, 11) is 0. The van der Waals surface area contributed by atoms with Gasteiger partial charge in [-0.15, -0.1) is 0 Å². The third kappa shape index (κ3) is 4.02. The summed E-state index contributed by atoms with van der Waals surface area (Å²) in [6, 6.07) is 9.53. The molecule has 0 atom stereocenters. The second-order valence-electron chi connectivity index (χ2n) is 5.29. The van der Waals surface area contributed by atoms with Crippen LogP contribution in [0.4, 0.5) is 11.6 Å². The zero-order valence-corrected chi connectivity index (χ0v) is 12.8. The van der Waals surface area contributed by atoms with E-state index >= 15 is 0 Å². The molecule has 0 radical (unpaired) electrons. The summed E-state index contributed by atoms with van der Waals surface area (Å²) < 4.78 is 0. The lowest BCUT2D eigenvalue weighted by Crippen LogP contribution is -2.18. The second kappa shape index (κ2) is 6.35. The third-order valence-corrected chi connectivity index (χ3v) is 2.90. The molecular weight excluding hydrogens is 264 g/mol. The van der Waals surface area contributed by atoms with Gasteiger partial charge in [-0.1, -0.05) is 18.2 Å². The Hall–Kier alpha value is -2.43. The first-order valence-corrected chi connectivity index (χ1v) is 6.95.